The average Bonchev–Trinajstić information content (AvgIpc) is 3.28. The molecule has 0 saturated heterocycles. The Kier molecular flexibility index (Phi) is 5.50. The maximum Gasteiger partial charge on any atom is 0.325 e. The van der Waals surface area contributed by atoms with Crippen LogP contribution in [0, 0.1) is 6.92 Å². The van der Waals surface area contributed by atoms with Gasteiger partial charge in [0.1, 0.15) is 0 Å². The third kappa shape index (κ3) is 4.95. The Balaban J connectivity index is 1.33. The van der Waals surface area contributed by atoms with Gasteiger partial charge in [-0.1, -0.05) is 35.6 Å². The van der Waals surface area contributed by atoms with Gasteiger partial charge in [-0.15, -0.1) is 11.3 Å². The van der Waals surface area contributed by atoms with E-state index < -0.39 is 0 Å². The molecule has 29 heavy (non-hydrogen) atoms. The van der Waals surface area contributed by atoms with Crippen LogP contribution in [0.2, 0.25) is 0 Å². The zero-order valence-electron chi connectivity index (χ0n) is 15.4. The van der Waals surface area contributed by atoms with Gasteiger partial charge in [0.25, 0.3) is 0 Å². The third-order valence-electron chi connectivity index (χ3n) is 3.94. The molecule has 0 spiro atoms. The van der Waals surface area contributed by atoms with Gasteiger partial charge in [0.15, 0.2) is 10.3 Å². The van der Waals surface area contributed by atoms with Gasteiger partial charge in [-0.2, -0.15) is 0 Å². The molecule has 3 amide bonds. The molecule has 0 fully saturated rings. The Morgan fingerprint density at radius 1 is 0.966 bits per heavy atom. The van der Waals surface area contributed by atoms with Crippen molar-refractivity contribution in [2.24, 2.45) is 0 Å². The molecule has 3 N–H and O–H groups in total. The fourth-order valence-corrected chi connectivity index (χ4v) is 4.33. The van der Waals surface area contributed by atoms with Crippen LogP contribution in [-0.4, -0.2) is 21.9 Å². The van der Waals surface area contributed by atoms with Crippen LogP contribution in [0.4, 0.5) is 20.7 Å². The minimum Gasteiger partial charge on any atom is -0.308 e. The second-order valence-electron chi connectivity index (χ2n) is 6.30. The topological polar surface area (TPSA) is 96.0 Å². The van der Waals surface area contributed by atoms with Crippen molar-refractivity contribution in [3.05, 3.63) is 65.2 Å². The molecule has 4 rings (SSSR count). The highest BCUT2D eigenvalue weighted by molar-refractivity contribution is 7.22. The number of aryl methyl sites for hydroxylation is 1. The third-order valence-corrected chi connectivity index (χ3v) is 5.68. The maximum absolute atomic E-state index is 12.3. The number of anilines is 3. The number of fused-ring (bicyclic) bond motifs is 1. The number of hydrogen-bond donors (Lipinski definition) is 3. The molecular weight excluding hydrogens is 406 g/mol. The minimum absolute atomic E-state index is 0.105. The normalized spacial score (nSPS) is 10.7. The smallest absolute Gasteiger partial charge is 0.308 e. The van der Waals surface area contributed by atoms with E-state index in [1.807, 2.05) is 43.3 Å². The van der Waals surface area contributed by atoms with Crippen LogP contribution in [0.3, 0.4) is 0 Å². The molecule has 0 aliphatic heterocycles. The van der Waals surface area contributed by atoms with Crippen LogP contribution in [0.25, 0.3) is 10.2 Å². The first-order valence-corrected chi connectivity index (χ1v) is 10.5. The second kappa shape index (κ2) is 8.38. The van der Waals surface area contributed by atoms with Gasteiger partial charge in [0, 0.05) is 11.1 Å². The number of thiazole rings is 2. The molecule has 0 atom stereocenters. The number of rotatable bonds is 5. The molecule has 0 bridgehead atoms. The van der Waals surface area contributed by atoms with Crippen molar-refractivity contribution < 1.29 is 9.59 Å². The van der Waals surface area contributed by atoms with E-state index in [9.17, 15) is 9.59 Å². The number of carbonyl (C=O) groups excluding carboxylic acids is 2. The summed E-state index contributed by atoms with van der Waals surface area (Å²) >= 11 is 2.70. The Labute approximate surface area is 174 Å². The van der Waals surface area contributed by atoms with E-state index in [1.54, 1.807) is 17.5 Å². The second-order valence-corrected chi connectivity index (χ2v) is 8.19. The molecule has 7 nitrogen and oxygen atoms in total. The number of aromatic nitrogens is 2. The molecule has 2 aromatic heterocycles. The molecule has 9 heteroatoms. The van der Waals surface area contributed by atoms with E-state index in [0.717, 1.165) is 15.8 Å². The first kappa shape index (κ1) is 19.0. The van der Waals surface area contributed by atoms with Crippen LogP contribution in [0.15, 0.2) is 53.9 Å². The highest BCUT2D eigenvalue weighted by atomic mass is 32.1. The largest absolute Gasteiger partial charge is 0.325 e. The van der Waals surface area contributed by atoms with Crippen LogP contribution in [-0.2, 0) is 11.2 Å². The zero-order valence-corrected chi connectivity index (χ0v) is 17.1. The summed E-state index contributed by atoms with van der Waals surface area (Å²) in [6.45, 7) is 2.02. The number of amides is 3. The lowest BCUT2D eigenvalue weighted by Crippen LogP contribution is -2.19. The lowest BCUT2D eigenvalue weighted by Gasteiger charge is -2.04. The summed E-state index contributed by atoms with van der Waals surface area (Å²) in [4.78, 5) is 33.1. The fraction of sp³-hybridized carbons (Fsp3) is 0.100. The highest BCUT2D eigenvalue weighted by Gasteiger charge is 2.12. The first-order chi connectivity index (χ1) is 14.0. The SMILES string of the molecule is Cc1ccc2nc(NC(=O)Cc3csc(NC(=O)Nc4ccccc4)n3)sc2c1. The van der Waals surface area contributed by atoms with Gasteiger partial charge >= 0.3 is 6.03 Å². The zero-order chi connectivity index (χ0) is 20.2. The van der Waals surface area contributed by atoms with E-state index in [1.165, 1.54) is 22.7 Å². The summed E-state index contributed by atoms with van der Waals surface area (Å²) in [5, 5.41) is 10.9. The lowest BCUT2D eigenvalue weighted by molar-refractivity contribution is -0.115. The van der Waals surface area contributed by atoms with E-state index >= 15 is 0 Å². The molecule has 146 valence electrons. The number of para-hydroxylation sites is 1. The van der Waals surface area contributed by atoms with Crippen LogP contribution < -0.4 is 16.0 Å². The molecule has 0 aliphatic carbocycles. The average molecular weight is 424 g/mol. The van der Waals surface area contributed by atoms with E-state index in [-0.39, 0.29) is 18.4 Å². The molecule has 0 aliphatic rings. The number of nitrogens with zero attached hydrogens (tertiary/aromatic N) is 2. The van der Waals surface area contributed by atoms with Crippen LogP contribution in [0.1, 0.15) is 11.3 Å². The Bertz CT molecular complexity index is 1170. The predicted octanol–water partition coefficient (Wildman–Crippen LogP) is 4.89. The van der Waals surface area contributed by atoms with E-state index in [0.29, 0.717) is 21.6 Å². The molecule has 2 heterocycles. The summed E-state index contributed by atoms with van der Waals surface area (Å²) < 4.78 is 1.03. The molecule has 0 radical (unpaired) electrons. The molecule has 4 aromatic rings. The Hall–Kier alpha value is -3.30. The van der Waals surface area contributed by atoms with E-state index in [4.69, 9.17) is 0 Å². The quantitative estimate of drug-likeness (QED) is 0.426. The van der Waals surface area contributed by atoms with Crippen molar-refractivity contribution in [2.45, 2.75) is 13.3 Å². The van der Waals surface area contributed by atoms with Crippen molar-refractivity contribution in [3.8, 4) is 0 Å². The predicted molar refractivity (Wildman–Crippen MR) is 118 cm³/mol. The van der Waals surface area contributed by atoms with Crippen molar-refractivity contribution in [3.63, 3.8) is 0 Å². The van der Waals surface area contributed by atoms with Crippen molar-refractivity contribution in [2.75, 3.05) is 16.0 Å². The number of carbonyl (C=O) groups is 2. The Morgan fingerprint density at radius 3 is 2.62 bits per heavy atom. The van der Waals surface area contributed by atoms with Gasteiger partial charge in [0.2, 0.25) is 5.91 Å². The molecule has 0 saturated carbocycles. The van der Waals surface area contributed by atoms with Crippen LogP contribution >= 0.6 is 22.7 Å². The van der Waals surface area contributed by atoms with Gasteiger partial charge in [-0.3, -0.25) is 10.1 Å². The Morgan fingerprint density at radius 2 is 1.79 bits per heavy atom. The number of urea groups is 1. The minimum atomic E-state index is -0.383. The number of hydrogen-bond acceptors (Lipinski definition) is 6. The van der Waals surface area contributed by atoms with Crippen molar-refractivity contribution >= 4 is 60.8 Å². The highest BCUT2D eigenvalue weighted by Crippen LogP contribution is 2.27. The van der Waals surface area contributed by atoms with Gasteiger partial charge < -0.3 is 10.6 Å². The first-order valence-electron chi connectivity index (χ1n) is 8.80. The maximum atomic E-state index is 12.3. The fourth-order valence-electron chi connectivity index (χ4n) is 2.64. The summed E-state index contributed by atoms with van der Waals surface area (Å²) in [5.41, 5.74) is 3.28. The van der Waals surface area contributed by atoms with Crippen molar-refractivity contribution in [1.82, 2.24) is 9.97 Å². The van der Waals surface area contributed by atoms with E-state index in [2.05, 4.69) is 25.9 Å². The monoisotopic (exact) mass is 423 g/mol. The molecule has 0 unspecified atom stereocenters. The standard InChI is InChI=1S/C20H17N5O2S2/c1-12-7-8-15-16(9-12)29-20(23-15)24-17(26)10-14-11-28-19(22-14)25-18(27)21-13-5-3-2-4-6-13/h2-9,11H,10H2,1H3,(H,23,24,26)(H2,21,22,25,27). The summed E-state index contributed by atoms with van der Waals surface area (Å²) in [6, 6.07) is 14.7. The van der Waals surface area contributed by atoms with Crippen LogP contribution in [0.5, 0.6) is 0 Å². The number of benzene rings is 2. The number of nitrogens with one attached hydrogen (secondary N) is 3. The molecular formula is C20H17N5O2S2. The van der Waals surface area contributed by atoms with Gasteiger partial charge in [0.05, 0.1) is 22.3 Å². The van der Waals surface area contributed by atoms with Gasteiger partial charge in [-0.05, 0) is 36.8 Å². The summed E-state index contributed by atoms with van der Waals surface area (Å²) in [7, 11) is 0. The van der Waals surface area contributed by atoms with Crippen molar-refractivity contribution in [1.29, 1.82) is 0 Å². The van der Waals surface area contributed by atoms with Gasteiger partial charge in [-0.25, -0.2) is 14.8 Å². The lowest BCUT2D eigenvalue weighted by atomic mass is 10.2. The molecule has 2 aromatic carbocycles. The summed E-state index contributed by atoms with van der Waals surface area (Å²) in [5.74, 6) is -0.202. The summed E-state index contributed by atoms with van der Waals surface area (Å²) in [6.07, 6.45) is 0.105.